The van der Waals surface area contributed by atoms with Crippen molar-refractivity contribution in [3.63, 3.8) is 0 Å². The van der Waals surface area contributed by atoms with Crippen LogP contribution >= 0.6 is 15.9 Å². The maximum Gasteiger partial charge on any atom is 0.291 e. The van der Waals surface area contributed by atoms with Crippen LogP contribution in [0.1, 0.15) is 16.1 Å². The Morgan fingerprint density at radius 2 is 1.66 bits per heavy atom. The number of carbonyl (C=O) groups excluding carboxylic acids is 2. The fraction of sp³-hybridized carbons (Fsp3) is 0.0400. The van der Waals surface area contributed by atoms with Crippen LogP contribution in [0.2, 0.25) is 0 Å². The van der Waals surface area contributed by atoms with Gasteiger partial charge in [-0.1, -0.05) is 34.1 Å². The van der Waals surface area contributed by atoms with Gasteiger partial charge < -0.3 is 19.8 Å². The SMILES string of the molecule is COc1ccc(Br)cc1/C=C/C(=O)Nc1ccc(NC(=O)c2cc3ccccc3o2)cc1. The Labute approximate surface area is 193 Å². The van der Waals surface area contributed by atoms with Crippen molar-refractivity contribution in [1.82, 2.24) is 0 Å². The van der Waals surface area contributed by atoms with Crippen molar-refractivity contribution in [3.05, 3.63) is 94.7 Å². The first-order valence-electron chi connectivity index (χ1n) is 9.74. The van der Waals surface area contributed by atoms with E-state index < -0.39 is 0 Å². The van der Waals surface area contributed by atoms with Crippen LogP contribution in [0.15, 0.2) is 87.8 Å². The lowest BCUT2D eigenvalue weighted by molar-refractivity contribution is -0.111. The van der Waals surface area contributed by atoms with Crippen LogP contribution in [-0.4, -0.2) is 18.9 Å². The molecule has 1 heterocycles. The minimum Gasteiger partial charge on any atom is -0.496 e. The van der Waals surface area contributed by atoms with Crippen molar-refractivity contribution < 1.29 is 18.7 Å². The number of hydrogen-bond acceptors (Lipinski definition) is 4. The lowest BCUT2D eigenvalue weighted by Crippen LogP contribution is -2.11. The molecule has 0 aliphatic carbocycles. The highest BCUT2D eigenvalue weighted by Gasteiger charge is 2.12. The summed E-state index contributed by atoms with van der Waals surface area (Å²) in [7, 11) is 1.58. The van der Waals surface area contributed by atoms with E-state index in [2.05, 4.69) is 26.6 Å². The van der Waals surface area contributed by atoms with Crippen LogP contribution in [0, 0.1) is 0 Å². The normalized spacial score (nSPS) is 10.9. The third-order valence-electron chi connectivity index (χ3n) is 4.67. The molecule has 0 aliphatic rings. The van der Waals surface area contributed by atoms with Crippen LogP contribution in [0.3, 0.4) is 0 Å². The molecule has 160 valence electrons. The van der Waals surface area contributed by atoms with Crippen LogP contribution in [0.25, 0.3) is 17.0 Å². The zero-order valence-electron chi connectivity index (χ0n) is 17.1. The van der Waals surface area contributed by atoms with Gasteiger partial charge in [-0.3, -0.25) is 9.59 Å². The van der Waals surface area contributed by atoms with Gasteiger partial charge >= 0.3 is 0 Å². The minimum absolute atomic E-state index is 0.233. The van der Waals surface area contributed by atoms with Crippen molar-refractivity contribution in [2.75, 3.05) is 17.7 Å². The number of rotatable bonds is 6. The Bertz CT molecular complexity index is 1280. The predicted molar refractivity (Wildman–Crippen MR) is 129 cm³/mol. The van der Waals surface area contributed by atoms with E-state index in [1.165, 1.54) is 6.08 Å². The molecule has 2 N–H and O–H groups in total. The Morgan fingerprint density at radius 3 is 2.38 bits per heavy atom. The quantitative estimate of drug-likeness (QED) is 0.319. The lowest BCUT2D eigenvalue weighted by atomic mass is 10.2. The van der Waals surface area contributed by atoms with Gasteiger partial charge in [0.05, 0.1) is 7.11 Å². The average molecular weight is 491 g/mol. The van der Waals surface area contributed by atoms with E-state index in [0.29, 0.717) is 22.7 Å². The second-order valence-corrected chi connectivity index (χ2v) is 7.80. The molecule has 0 spiro atoms. The van der Waals surface area contributed by atoms with Crippen molar-refractivity contribution >= 4 is 56.2 Å². The molecule has 0 radical (unpaired) electrons. The lowest BCUT2D eigenvalue weighted by Gasteiger charge is -2.07. The van der Waals surface area contributed by atoms with Gasteiger partial charge in [0.15, 0.2) is 5.76 Å². The number of ether oxygens (including phenoxy) is 1. The number of hydrogen-bond donors (Lipinski definition) is 2. The first-order chi connectivity index (χ1) is 15.5. The van der Waals surface area contributed by atoms with Crippen molar-refractivity contribution in [3.8, 4) is 5.75 Å². The molecular formula is C25H19BrN2O4. The largest absolute Gasteiger partial charge is 0.496 e. The molecule has 0 saturated heterocycles. The number of halogens is 1. The zero-order valence-corrected chi connectivity index (χ0v) is 18.7. The van der Waals surface area contributed by atoms with Crippen LogP contribution in [-0.2, 0) is 4.79 Å². The van der Waals surface area contributed by atoms with Gasteiger partial charge in [-0.25, -0.2) is 0 Å². The smallest absolute Gasteiger partial charge is 0.291 e. The molecule has 0 aliphatic heterocycles. The molecule has 3 aromatic carbocycles. The summed E-state index contributed by atoms with van der Waals surface area (Å²) in [5, 5.41) is 6.44. The maximum absolute atomic E-state index is 12.4. The number of methoxy groups -OCH3 is 1. The molecule has 4 aromatic rings. The van der Waals surface area contributed by atoms with E-state index in [-0.39, 0.29) is 17.6 Å². The number of benzene rings is 3. The fourth-order valence-corrected chi connectivity index (χ4v) is 3.49. The number of nitrogens with one attached hydrogen (secondary N) is 2. The second-order valence-electron chi connectivity index (χ2n) is 6.89. The van der Waals surface area contributed by atoms with Gasteiger partial charge in [-0.05, 0) is 60.7 Å². The second kappa shape index (κ2) is 9.53. The summed E-state index contributed by atoms with van der Waals surface area (Å²) in [6, 6.07) is 21.5. The minimum atomic E-state index is -0.344. The monoisotopic (exact) mass is 490 g/mol. The molecule has 0 bridgehead atoms. The summed E-state index contributed by atoms with van der Waals surface area (Å²) in [5.41, 5.74) is 2.62. The summed E-state index contributed by atoms with van der Waals surface area (Å²) < 4.78 is 11.8. The molecular weight excluding hydrogens is 472 g/mol. The van der Waals surface area contributed by atoms with Gasteiger partial charge in [0, 0.05) is 32.9 Å². The standard InChI is InChI=1S/C25H19BrN2O4/c1-31-21-12-7-18(26)14-17(21)6-13-24(29)27-19-8-10-20(11-9-19)28-25(30)23-15-16-4-2-3-5-22(16)32-23/h2-15H,1H3,(H,27,29)(H,28,30)/b13-6+. The number of amides is 2. The predicted octanol–water partition coefficient (Wildman–Crippen LogP) is 6.11. The molecule has 1 aromatic heterocycles. The van der Waals surface area contributed by atoms with Gasteiger partial charge in [0.25, 0.3) is 5.91 Å². The fourth-order valence-electron chi connectivity index (χ4n) is 3.11. The number of carbonyl (C=O) groups is 2. The zero-order chi connectivity index (χ0) is 22.5. The van der Waals surface area contributed by atoms with Gasteiger partial charge in [0.2, 0.25) is 5.91 Å². The Balaban J connectivity index is 1.37. The topological polar surface area (TPSA) is 80.6 Å². The highest BCUT2D eigenvalue weighted by molar-refractivity contribution is 9.10. The first kappa shape index (κ1) is 21.4. The Morgan fingerprint density at radius 1 is 0.938 bits per heavy atom. The van der Waals surface area contributed by atoms with Gasteiger partial charge in [-0.15, -0.1) is 0 Å². The van der Waals surface area contributed by atoms with E-state index in [4.69, 9.17) is 9.15 Å². The first-order valence-corrected chi connectivity index (χ1v) is 10.5. The molecule has 7 heteroatoms. The molecule has 6 nitrogen and oxygen atoms in total. The summed E-state index contributed by atoms with van der Waals surface area (Å²) in [6.45, 7) is 0. The molecule has 0 saturated carbocycles. The summed E-state index contributed by atoms with van der Waals surface area (Å²) in [6.07, 6.45) is 3.11. The van der Waals surface area contributed by atoms with Gasteiger partial charge in [0.1, 0.15) is 11.3 Å². The maximum atomic E-state index is 12.4. The highest BCUT2D eigenvalue weighted by atomic mass is 79.9. The average Bonchev–Trinajstić information content (AvgIpc) is 3.24. The van der Waals surface area contributed by atoms with Crippen molar-refractivity contribution in [2.24, 2.45) is 0 Å². The third kappa shape index (κ3) is 5.07. The number of anilines is 2. The Hall–Kier alpha value is -3.84. The van der Waals surface area contributed by atoms with Crippen LogP contribution < -0.4 is 15.4 Å². The van der Waals surface area contributed by atoms with E-state index in [0.717, 1.165) is 15.4 Å². The molecule has 0 unspecified atom stereocenters. The van der Waals surface area contributed by atoms with E-state index in [1.807, 2.05) is 42.5 Å². The summed E-state index contributed by atoms with van der Waals surface area (Å²) in [5.74, 6) is 0.272. The van der Waals surface area contributed by atoms with E-state index >= 15 is 0 Å². The number of furan rings is 1. The number of para-hydroxylation sites is 1. The highest BCUT2D eigenvalue weighted by Crippen LogP contribution is 2.24. The van der Waals surface area contributed by atoms with Crippen molar-refractivity contribution in [1.29, 1.82) is 0 Å². The number of fused-ring (bicyclic) bond motifs is 1. The molecule has 2 amide bonds. The molecule has 4 rings (SSSR count). The summed E-state index contributed by atoms with van der Waals surface area (Å²) in [4.78, 5) is 24.7. The van der Waals surface area contributed by atoms with Crippen LogP contribution in [0.4, 0.5) is 11.4 Å². The van der Waals surface area contributed by atoms with Crippen LogP contribution in [0.5, 0.6) is 5.75 Å². The third-order valence-corrected chi connectivity index (χ3v) is 5.16. The summed E-state index contributed by atoms with van der Waals surface area (Å²) >= 11 is 3.41. The van der Waals surface area contributed by atoms with E-state index in [1.54, 1.807) is 43.5 Å². The Kier molecular flexibility index (Phi) is 6.37. The van der Waals surface area contributed by atoms with Crippen molar-refractivity contribution in [2.45, 2.75) is 0 Å². The van der Waals surface area contributed by atoms with E-state index in [9.17, 15) is 9.59 Å². The molecule has 32 heavy (non-hydrogen) atoms. The molecule has 0 fully saturated rings. The molecule has 0 atom stereocenters. The van der Waals surface area contributed by atoms with Gasteiger partial charge in [-0.2, -0.15) is 0 Å².